The number of rotatable bonds is 3. The molecule has 0 N–H and O–H groups in total. The highest BCUT2D eigenvalue weighted by Gasteiger charge is 2.57. The molecule has 0 aromatic carbocycles. The molecule has 4 bridgehead atoms. The first kappa shape index (κ1) is 13.8. The van der Waals surface area contributed by atoms with Crippen LogP contribution in [0.5, 0.6) is 0 Å². The van der Waals surface area contributed by atoms with Gasteiger partial charge in [-0.05, 0) is 63.2 Å². The second-order valence-electron chi connectivity index (χ2n) is 8.30. The third kappa shape index (κ3) is 2.05. The summed E-state index contributed by atoms with van der Waals surface area (Å²) < 4.78 is 11.2. The Morgan fingerprint density at radius 1 is 1.05 bits per heavy atom. The zero-order chi connectivity index (χ0) is 14.9. The van der Waals surface area contributed by atoms with E-state index in [2.05, 4.69) is 0 Å². The summed E-state index contributed by atoms with van der Waals surface area (Å²) in [5.41, 5.74) is -0.193. The highest BCUT2D eigenvalue weighted by Crippen LogP contribution is 2.60. The fraction of sp³-hybridized carbons (Fsp3) is 0.941. The van der Waals surface area contributed by atoms with Gasteiger partial charge in [0.1, 0.15) is 24.9 Å². The van der Waals surface area contributed by atoms with Crippen LogP contribution in [-0.4, -0.2) is 37.0 Å². The molecule has 0 aromatic rings. The van der Waals surface area contributed by atoms with Crippen LogP contribution < -0.4 is 0 Å². The normalized spacial score (nSPS) is 54.9. The van der Waals surface area contributed by atoms with Gasteiger partial charge >= 0.3 is 5.97 Å². The molecule has 5 heteroatoms. The van der Waals surface area contributed by atoms with Crippen LogP contribution >= 0.6 is 0 Å². The van der Waals surface area contributed by atoms with Crippen LogP contribution in [0.15, 0.2) is 0 Å². The largest absolute Gasteiger partial charge is 0.462 e. The van der Waals surface area contributed by atoms with Crippen LogP contribution in [0.4, 0.5) is 0 Å². The monoisotopic (exact) mass is 308 g/mol. The van der Waals surface area contributed by atoms with E-state index in [1.165, 1.54) is 19.3 Å². The lowest BCUT2D eigenvalue weighted by Gasteiger charge is -2.55. The summed E-state index contributed by atoms with van der Waals surface area (Å²) >= 11 is 0. The van der Waals surface area contributed by atoms with E-state index in [-0.39, 0.29) is 42.4 Å². The number of fused-ring (bicyclic) bond motifs is 1. The van der Waals surface area contributed by atoms with E-state index >= 15 is 0 Å². The van der Waals surface area contributed by atoms with Crippen molar-refractivity contribution in [2.75, 3.05) is 6.61 Å². The number of carbonyl (C=O) groups excluding carboxylic acids is 1. The summed E-state index contributed by atoms with van der Waals surface area (Å²) in [7, 11) is 0. The van der Waals surface area contributed by atoms with Gasteiger partial charge in [-0.25, -0.2) is 9.78 Å². The van der Waals surface area contributed by atoms with Crippen molar-refractivity contribution < 1.29 is 24.0 Å². The van der Waals surface area contributed by atoms with Crippen molar-refractivity contribution in [3.63, 3.8) is 0 Å². The van der Waals surface area contributed by atoms with Gasteiger partial charge in [0.2, 0.25) is 0 Å². The zero-order valence-corrected chi connectivity index (χ0v) is 13.0. The van der Waals surface area contributed by atoms with Crippen molar-refractivity contribution in [2.24, 2.45) is 23.2 Å². The first-order valence-corrected chi connectivity index (χ1v) is 8.78. The molecule has 2 heterocycles. The predicted octanol–water partition coefficient (Wildman–Crippen LogP) is 2.23. The Labute approximate surface area is 130 Å². The fourth-order valence-corrected chi connectivity index (χ4v) is 5.88. The van der Waals surface area contributed by atoms with Crippen LogP contribution in [0.25, 0.3) is 0 Å². The fourth-order valence-electron chi connectivity index (χ4n) is 5.88. The molecule has 5 nitrogen and oxygen atoms in total. The maximum Gasteiger partial charge on any atom is 0.312 e. The first-order valence-electron chi connectivity index (χ1n) is 8.78. The van der Waals surface area contributed by atoms with Gasteiger partial charge in [0, 0.05) is 0 Å². The SMILES string of the molecule is C[C@@H]1OO[C@H](COC(=O)C23CC4CC(CC(C4)C2)C3)[C@@H]2O[C@@H]21. The van der Waals surface area contributed by atoms with Crippen molar-refractivity contribution in [2.45, 2.75) is 69.9 Å². The summed E-state index contributed by atoms with van der Waals surface area (Å²) in [6.07, 6.45) is 6.98. The summed E-state index contributed by atoms with van der Waals surface area (Å²) in [6, 6.07) is 0. The number of hydrogen-bond acceptors (Lipinski definition) is 5. The van der Waals surface area contributed by atoms with E-state index < -0.39 is 0 Å². The highest BCUT2D eigenvalue weighted by atomic mass is 17.2. The molecule has 2 saturated heterocycles. The number of ether oxygens (including phenoxy) is 2. The van der Waals surface area contributed by atoms with Crippen molar-refractivity contribution in [3.8, 4) is 0 Å². The Bertz CT molecular complexity index is 454. The highest BCUT2D eigenvalue weighted by molar-refractivity contribution is 5.77. The minimum atomic E-state index is -0.265. The minimum Gasteiger partial charge on any atom is -0.462 e. The predicted molar refractivity (Wildman–Crippen MR) is 75.6 cm³/mol. The van der Waals surface area contributed by atoms with Crippen molar-refractivity contribution in [1.82, 2.24) is 0 Å². The maximum atomic E-state index is 12.8. The maximum absolute atomic E-state index is 12.8. The standard InChI is InChI=1S/C17H24O5/c1-9-14-15(20-14)13(22-21-9)8-19-16(18)17-5-10-2-11(6-17)4-12(3-10)7-17/h9-15H,2-8H2,1H3/t9-,10?,11?,12?,13+,14+,15-,17?/m0/s1. The molecule has 0 radical (unpaired) electrons. The molecular weight excluding hydrogens is 284 g/mol. The van der Waals surface area contributed by atoms with Gasteiger partial charge in [0.15, 0.2) is 6.10 Å². The number of hydrogen-bond donors (Lipinski definition) is 0. The van der Waals surface area contributed by atoms with Crippen molar-refractivity contribution in [1.29, 1.82) is 0 Å². The molecule has 0 spiro atoms. The van der Waals surface area contributed by atoms with E-state index in [0.717, 1.165) is 37.0 Å². The zero-order valence-electron chi connectivity index (χ0n) is 13.0. The molecule has 4 atom stereocenters. The Morgan fingerprint density at radius 3 is 2.32 bits per heavy atom. The lowest BCUT2D eigenvalue weighted by Crippen LogP contribution is -2.51. The molecular formula is C17H24O5. The number of esters is 1. The molecule has 6 rings (SSSR count). The van der Waals surface area contributed by atoms with Crippen molar-refractivity contribution in [3.05, 3.63) is 0 Å². The average Bonchev–Trinajstić information content (AvgIpc) is 3.26. The van der Waals surface area contributed by atoms with E-state index in [9.17, 15) is 4.79 Å². The molecule has 6 aliphatic rings. The van der Waals surface area contributed by atoms with Gasteiger partial charge in [-0.2, -0.15) is 0 Å². The smallest absolute Gasteiger partial charge is 0.312 e. The van der Waals surface area contributed by atoms with Crippen LogP contribution in [0.1, 0.15) is 45.4 Å². The number of carbonyl (C=O) groups is 1. The van der Waals surface area contributed by atoms with Gasteiger partial charge in [-0.3, -0.25) is 4.79 Å². The second kappa shape index (κ2) is 4.68. The van der Waals surface area contributed by atoms with Gasteiger partial charge in [-0.1, -0.05) is 0 Å². The quantitative estimate of drug-likeness (QED) is 0.454. The topological polar surface area (TPSA) is 57.3 Å². The summed E-state index contributed by atoms with van der Waals surface area (Å²) in [6.45, 7) is 2.19. The van der Waals surface area contributed by atoms with Crippen LogP contribution in [0.2, 0.25) is 0 Å². The summed E-state index contributed by atoms with van der Waals surface area (Å²) in [5, 5.41) is 0. The van der Waals surface area contributed by atoms with E-state index in [4.69, 9.17) is 19.2 Å². The van der Waals surface area contributed by atoms with Gasteiger partial charge in [-0.15, -0.1) is 0 Å². The van der Waals surface area contributed by atoms with E-state index in [0.29, 0.717) is 0 Å². The molecule has 4 aliphatic carbocycles. The molecule has 122 valence electrons. The van der Waals surface area contributed by atoms with Crippen LogP contribution in [0.3, 0.4) is 0 Å². The molecule has 0 amide bonds. The lowest BCUT2D eigenvalue weighted by molar-refractivity contribution is -0.364. The Balaban J connectivity index is 1.22. The lowest BCUT2D eigenvalue weighted by atomic mass is 9.49. The molecule has 2 aliphatic heterocycles. The Kier molecular flexibility index (Phi) is 2.93. The third-order valence-corrected chi connectivity index (χ3v) is 6.57. The molecule has 4 saturated carbocycles. The van der Waals surface area contributed by atoms with Gasteiger partial charge in [0.05, 0.1) is 5.41 Å². The molecule has 0 aromatic heterocycles. The summed E-state index contributed by atoms with van der Waals surface area (Å²) in [4.78, 5) is 23.3. The first-order chi connectivity index (χ1) is 10.6. The number of epoxide rings is 1. The molecule has 22 heavy (non-hydrogen) atoms. The van der Waals surface area contributed by atoms with Crippen LogP contribution in [-0.2, 0) is 24.0 Å². The van der Waals surface area contributed by atoms with Crippen LogP contribution in [0, 0.1) is 23.2 Å². The second-order valence-corrected chi connectivity index (χ2v) is 8.30. The Hall–Kier alpha value is -0.650. The molecule has 0 unspecified atom stereocenters. The third-order valence-electron chi connectivity index (χ3n) is 6.57. The minimum absolute atomic E-state index is 0.00558. The molecule has 6 fully saturated rings. The Morgan fingerprint density at radius 2 is 1.68 bits per heavy atom. The van der Waals surface area contributed by atoms with E-state index in [1.54, 1.807) is 0 Å². The average molecular weight is 308 g/mol. The van der Waals surface area contributed by atoms with Crippen molar-refractivity contribution >= 4 is 5.97 Å². The van der Waals surface area contributed by atoms with E-state index in [1.807, 2.05) is 6.92 Å². The van der Waals surface area contributed by atoms with Gasteiger partial charge in [0.25, 0.3) is 0 Å². The van der Waals surface area contributed by atoms with Gasteiger partial charge < -0.3 is 9.47 Å². The summed E-state index contributed by atoms with van der Waals surface area (Å²) in [5.74, 6) is 2.27.